The van der Waals surface area contributed by atoms with Gasteiger partial charge in [0.05, 0.1) is 4.92 Å². The molecule has 1 aliphatic heterocycles. The Morgan fingerprint density at radius 3 is 2.79 bits per heavy atom. The molecule has 1 aromatic carbocycles. The second-order valence-electron chi connectivity index (χ2n) is 5.61. The van der Waals surface area contributed by atoms with Crippen molar-refractivity contribution in [3.05, 3.63) is 58.6 Å². The third-order valence-electron chi connectivity index (χ3n) is 3.67. The number of nitrogens with zero attached hydrogens (tertiary/aromatic N) is 4. The Bertz CT molecular complexity index is 928. The van der Waals surface area contributed by atoms with Crippen molar-refractivity contribution in [1.82, 2.24) is 9.88 Å². The Balaban J connectivity index is 1.67. The maximum atomic E-state index is 12.6. The number of carbonyl (C=O) groups is 2. The van der Waals surface area contributed by atoms with Crippen molar-refractivity contribution in [1.29, 1.82) is 0 Å². The fourth-order valence-electron chi connectivity index (χ4n) is 2.42. The molecular weight excluding hydrogens is 402 g/mol. The van der Waals surface area contributed by atoms with Gasteiger partial charge in [0.2, 0.25) is 16.9 Å². The SMILES string of the molecule is C=CCN1C(=O)[C@@H](CC(=O)Nc2ccc([N+](=O)[O-])cc2)SC1=Nc1nccs1. The van der Waals surface area contributed by atoms with E-state index >= 15 is 0 Å². The number of nitro groups is 1. The summed E-state index contributed by atoms with van der Waals surface area (Å²) in [6.07, 6.45) is 3.17. The van der Waals surface area contributed by atoms with Crippen LogP contribution < -0.4 is 5.32 Å². The highest BCUT2D eigenvalue weighted by Crippen LogP contribution is 2.32. The zero-order chi connectivity index (χ0) is 20.1. The average Bonchev–Trinajstić information content (AvgIpc) is 3.27. The van der Waals surface area contributed by atoms with Crippen LogP contribution in [-0.4, -0.2) is 43.6 Å². The highest BCUT2D eigenvalue weighted by atomic mass is 32.2. The van der Waals surface area contributed by atoms with E-state index in [1.54, 1.807) is 17.7 Å². The molecule has 0 saturated carbocycles. The summed E-state index contributed by atoms with van der Waals surface area (Å²) in [6, 6.07) is 5.49. The van der Waals surface area contributed by atoms with Crippen LogP contribution in [0.2, 0.25) is 0 Å². The standard InChI is InChI=1S/C17H15N5O4S2/c1-2-8-21-15(24)13(28-17(21)20-16-18-7-9-27-16)10-14(23)19-11-3-5-12(6-4-11)22(25)26/h2-7,9,13H,1,8,10H2,(H,19,23)/t13-/m1/s1. The lowest BCUT2D eigenvalue weighted by Crippen LogP contribution is -2.33. The van der Waals surface area contributed by atoms with E-state index in [0.717, 1.165) is 0 Å². The zero-order valence-corrected chi connectivity index (χ0v) is 16.1. The molecule has 1 N–H and O–H groups in total. The molecule has 144 valence electrons. The van der Waals surface area contributed by atoms with Crippen LogP contribution in [-0.2, 0) is 9.59 Å². The molecule has 0 aliphatic carbocycles. The van der Waals surface area contributed by atoms with Crippen molar-refractivity contribution >= 4 is 56.6 Å². The monoisotopic (exact) mass is 417 g/mol. The summed E-state index contributed by atoms with van der Waals surface area (Å²) >= 11 is 2.55. The van der Waals surface area contributed by atoms with Gasteiger partial charge in [0.1, 0.15) is 5.25 Å². The number of benzene rings is 1. The molecule has 2 amide bonds. The van der Waals surface area contributed by atoms with Gasteiger partial charge in [-0.2, -0.15) is 4.99 Å². The number of nitro benzene ring substituents is 1. The number of thioether (sulfide) groups is 1. The molecule has 3 rings (SSSR count). The minimum atomic E-state index is -0.614. The largest absolute Gasteiger partial charge is 0.326 e. The van der Waals surface area contributed by atoms with Gasteiger partial charge < -0.3 is 5.32 Å². The van der Waals surface area contributed by atoms with E-state index in [1.807, 2.05) is 0 Å². The first-order chi connectivity index (χ1) is 13.5. The van der Waals surface area contributed by atoms with Crippen LogP contribution in [0.15, 0.2) is 53.5 Å². The molecule has 0 unspecified atom stereocenters. The molecule has 9 nitrogen and oxygen atoms in total. The molecule has 0 spiro atoms. The van der Waals surface area contributed by atoms with E-state index in [9.17, 15) is 19.7 Å². The van der Waals surface area contributed by atoms with Crippen molar-refractivity contribution in [3.63, 3.8) is 0 Å². The predicted molar refractivity (Wildman–Crippen MR) is 109 cm³/mol. The Morgan fingerprint density at radius 1 is 1.43 bits per heavy atom. The molecular formula is C17H15N5O4S2. The van der Waals surface area contributed by atoms with Crippen LogP contribution in [0.3, 0.4) is 0 Å². The lowest BCUT2D eigenvalue weighted by molar-refractivity contribution is -0.384. The normalized spacial score (nSPS) is 17.7. The summed E-state index contributed by atoms with van der Waals surface area (Å²) in [7, 11) is 0. The maximum absolute atomic E-state index is 12.6. The van der Waals surface area contributed by atoms with E-state index < -0.39 is 10.2 Å². The van der Waals surface area contributed by atoms with E-state index in [4.69, 9.17) is 0 Å². The molecule has 0 radical (unpaired) electrons. The van der Waals surface area contributed by atoms with Crippen molar-refractivity contribution in [3.8, 4) is 0 Å². The molecule has 1 saturated heterocycles. The van der Waals surface area contributed by atoms with Crippen LogP contribution in [0.4, 0.5) is 16.5 Å². The first-order valence-corrected chi connectivity index (χ1v) is 9.85. The number of aliphatic imine (C=N–C) groups is 1. The second kappa shape index (κ2) is 8.76. The van der Waals surface area contributed by atoms with E-state index in [1.165, 1.54) is 52.3 Å². The smallest absolute Gasteiger partial charge is 0.269 e. The van der Waals surface area contributed by atoms with Crippen LogP contribution >= 0.6 is 23.1 Å². The Labute approximate surface area is 168 Å². The van der Waals surface area contributed by atoms with Crippen LogP contribution in [0.1, 0.15) is 6.42 Å². The highest BCUT2D eigenvalue weighted by molar-refractivity contribution is 8.15. The van der Waals surface area contributed by atoms with Crippen molar-refractivity contribution in [2.45, 2.75) is 11.7 Å². The highest BCUT2D eigenvalue weighted by Gasteiger charge is 2.38. The van der Waals surface area contributed by atoms with E-state index in [-0.39, 0.29) is 30.5 Å². The Morgan fingerprint density at radius 2 is 2.18 bits per heavy atom. The number of non-ortho nitro benzene ring substituents is 1. The number of hydrogen-bond donors (Lipinski definition) is 1. The lowest BCUT2D eigenvalue weighted by Gasteiger charge is -2.13. The van der Waals surface area contributed by atoms with Gasteiger partial charge in [-0.1, -0.05) is 17.8 Å². The van der Waals surface area contributed by atoms with Crippen molar-refractivity contribution in [2.75, 3.05) is 11.9 Å². The van der Waals surface area contributed by atoms with Gasteiger partial charge in [-0.3, -0.25) is 24.6 Å². The molecule has 28 heavy (non-hydrogen) atoms. The maximum Gasteiger partial charge on any atom is 0.269 e. The third kappa shape index (κ3) is 4.61. The minimum Gasteiger partial charge on any atom is -0.326 e. The van der Waals surface area contributed by atoms with Gasteiger partial charge >= 0.3 is 0 Å². The number of thiazole rings is 1. The first-order valence-electron chi connectivity index (χ1n) is 8.09. The van der Waals surface area contributed by atoms with Crippen LogP contribution in [0.25, 0.3) is 0 Å². The van der Waals surface area contributed by atoms with Gasteiger partial charge in [0.25, 0.3) is 5.69 Å². The Kier molecular flexibility index (Phi) is 6.16. The number of rotatable bonds is 7. The summed E-state index contributed by atoms with van der Waals surface area (Å²) in [5, 5.41) is 15.5. The number of anilines is 1. The molecule has 1 fully saturated rings. The number of nitrogens with one attached hydrogen (secondary N) is 1. The number of aromatic nitrogens is 1. The van der Waals surface area contributed by atoms with Crippen molar-refractivity contribution < 1.29 is 14.5 Å². The third-order valence-corrected chi connectivity index (χ3v) is 5.52. The fourth-order valence-corrected chi connectivity index (χ4v) is 4.13. The summed E-state index contributed by atoms with van der Waals surface area (Å²) < 4.78 is 0. The first kappa shape index (κ1) is 19.7. The summed E-state index contributed by atoms with van der Waals surface area (Å²) in [4.78, 5) is 45.1. The summed E-state index contributed by atoms with van der Waals surface area (Å²) in [5.41, 5.74) is 0.355. The van der Waals surface area contributed by atoms with Crippen molar-refractivity contribution in [2.24, 2.45) is 4.99 Å². The lowest BCUT2D eigenvalue weighted by atomic mass is 10.2. The van der Waals surface area contributed by atoms with Crippen LogP contribution in [0, 0.1) is 10.1 Å². The average molecular weight is 417 g/mol. The molecule has 2 aromatic rings. The summed E-state index contributed by atoms with van der Waals surface area (Å²) in [5.74, 6) is -0.590. The topological polar surface area (TPSA) is 118 Å². The number of carbonyl (C=O) groups excluding carboxylic acids is 2. The van der Waals surface area contributed by atoms with Gasteiger partial charge in [-0.15, -0.1) is 17.9 Å². The zero-order valence-electron chi connectivity index (χ0n) is 14.5. The molecule has 11 heteroatoms. The molecule has 1 aliphatic rings. The van der Waals surface area contributed by atoms with Gasteiger partial charge in [-0.05, 0) is 12.1 Å². The molecule has 1 aromatic heterocycles. The number of amides is 2. The number of hydrogen-bond acceptors (Lipinski definition) is 8. The molecule has 2 heterocycles. The van der Waals surface area contributed by atoms with E-state index in [0.29, 0.717) is 16.0 Å². The van der Waals surface area contributed by atoms with Crippen LogP contribution in [0.5, 0.6) is 0 Å². The van der Waals surface area contributed by atoms with E-state index in [2.05, 4.69) is 21.9 Å². The predicted octanol–water partition coefficient (Wildman–Crippen LogP) is 3.20. The van der Waals surface area contributed by atoms with Gasteiger partial charge in [-0.25, -0.2) is 4.98 Å². The van der Waals surface area contributed by atoms with Gasteiger partial charge in [0, 0.05) is 42.4 Å². The molecule has 1 atom stereocenters. The summed E-state index contributed by atoms with van der Waals surface area (Å²) in [6.45, 7) is 3.94. The Hall–Kier alpha value is -3.05. The number of amidine groups is 1. The molecule has 0 bridgehead atoms. The van der Waals surface area contributed by atoms with Gasteiger partial charge in [0.15, 0.2) is 5.17 Å². The fraction of sp³-hybridized carbons (Fsp3) is 0.176. The minimum absolute atomic E-state index is 0.0506. The second-order valence-corrected chi connectivity index (χ2v) is 7.65. The quantitative estimate of drug-likeness (QED) is 0.420.